The smallest absolute Gasteiger partial charge is 0.341 e. The number of aromatic nitrogens is 4. The Hall–Kier alpha value is -2.96. The Kier molecular flexibility index (Phi) is 5.63. The van der Waals surface area contributed by atoms with Gasteiger partial charge in [0.15, 0.2) is 5.65 Å². The molecule has 0 saturated carbocycles. The van der Waals surface area contributed by atoms with E-state index in [1.807, 2.05) is 37.7 Å². The van der Waals surface area contributed by atoms with Crippen molar-refractivity contribution in [3.05, 3.63) is 46.5 Å². The van der Waals surface area contributed by atoms with Gasteiger partial charge in [0, 0.05) is 36.1 Å². The molecule has 0 aliphatic heterocycles. The van der Waals surface area contributed by atoms with Crippen LogP contribution in [0.1, 0.15) is 46.9 Å². The van der Waals surface area contributed by atoms with Crippen LogP contribution in [0.3, 0.4) is 0 Å². The van der Waals surface area contributed by atoms with Gasteiger partial charge >= 0.3 is 5.97 Å². The fourth-order valence-electron chi connectivity index (χ4n) is 3.41. The summed E-state index contributed by atoms with van der Waals surface area (Å²) in [5, 5.41) is 8.81. The first-order chi connectivity index (χ1) is 13.3. The first-order valence-electron chi connectivity index (χ1n) is 9.50. The van der Waals surface area contributed by atoms with Crippen molar-refractivity contribution in [2.45, 2.75) is 47.1 Å². The Morgan fingerprint density at radius 3 is 2.68 bits per heavy atom. The summed E-state index contributed by atoms with van der Waals surface area (Å²) in [6, 6.07) is 3.94. The molecule has 3 aromatic heterocycles. The minimum Gasteiger partial charge on any atom is -0.462 e. The van der Waals surface area contributed by atoms with Crippen molar-refractivity contribution in [1.29, 1.82) is 0 Å². The van der Waals surface area contributed by atoms with Crippen molar-refractivity contribution < 1.29 is 9.53 Å². The molecule has 0 aromatic carbocycles. The Morgan fingerprint density at radius 2 is 2.04 bits per heavy atom. The van der Waals surface area contributed by atoms with E-state index in [1.165, 1.54) is 5.56 Å². The van der Waals surface area contributed by atoms with Crippen molar-refractivity contribution in [3.8, 4) is 0 Å². The molecule has 7 heteroatoms. The molecule has 148 valence electrons. The minimum absolute atomic E-state index is 0.0710. The highest BCUT2D eigenvalue weighted by molar-refractivity contribution is 6.04. The summed E-state index contributed by atoms with van der Waals surface area (Å²) in [5.74, 6) is -0.388. The second kappa shape index (κ2) is 7.96. The van der Waals surface area contributed by atoms with Gasteiger partial charge in [-0.1, -0.05) is 0 Å². The molecule has 0 radical (unpaired) electrons. The number of hydrogen-bond donors (Lipinski definition) is 1. The summed E-state index contributed by atoms with van der Waals surface area (Å²) < 4.78 is 7.13. The zero-order chi connectivity index (χ0) is 20.4. The minimum atomic E-state index is -0.388. The number of nitrogens with zero attached hydrogens (tertiary/aromatic N) is 4. The van der Waals surface area contributed by atoms with Gasteiger partial charge in [0.25, 0.3) is 0 Å². The van der Waals surface area contributed by atoms with Crippen LogP contribution in [0.5, 0.6) is 0 Å². The van der Waals surface area contributed by atoms with Gasteiger partial charge in [-0.3, -0.25) is 4.68 Å². The Bertz CT molecular complexity index is 1030. The van der Waals surface area contributed by atoms with Crippen molar-refractivity contribution >= 4 is 22.7 Å². The number of fused-ring (bicyclic) bond motifs is 1. The molecule has 0 amide bonds. The highest BCUT2D eigenvalue weighted by atomic mass is 16.5. The highest BCUT2D eigenvalue weighted by Crippen LogP contribution is 2.27. The first kappa shape index (κ1) is 19.8. The molecule has 0 aliphatic carbocycles. The van der Waals surface area contributed by atoms with Crippen LogP contribution in [-0.2, 0) is 18.2 Å². The zero-order valence-electron chi connectivity index (χ0n) is 17.3. The lowest BCUT2D eigenvalue weighted by Gasteiger charge is -2.19. The van der Waals surface area contributed by atoms with Gasteiger partial charge in [-0.15, -0.1) is 0 Å². The number of pyridine rings is 2. The third kappa shape index (κ3) is 3.83. The summed E-state index contributed by atoms with van der Waals surface area (Å²) in [6.45, 7) is 10.2. The Labute approximate surface area is 165 Å². The summed E-state index contributed by atoms with van der Waals surface area (Å²) >= 11 is 0. The molecule has 0 aliphatic rings. The summed E-state index contributed by atoms with van der Waals surface area (Å²) in [5.41, 5.74) is 6.01. The van der Waals surface area contributed by atoms with E-state index >= 15 is 0 Å². The number of carbonyl (C=O) groups excluding carboxylic acids is 1. The van der Waals surface area contributed by atoms with Crippen molar-refractivity contribution in [2.75, 3.05) is 11.9 Å². The lowest BCUT2D eigenvalue weighted by atomic mass is 10.0. The van der Waals surface area contributed by atoms with Crippen LogP contribution in [0.4, 0.5) is 5.69 Å². The molecular formula is C21H27N5O2. The lowest BCUT2D eigenvalue weighted by molar-refractivity contribution is 0.0527. The Morgan fingerprint density at radius 1 is 1.29 bits per heavy atom. The average Bonchev–Trinajstić information content (AvgIpc) is 2.88. The third-order valence-electron chi connectivity index (χ3n) is 4.92. The second-order valence-corrected chi connectivity index (χ2v) is 7.11. The van der Waals surface area contributed by atoms with E-state index in [4.69, 9.17) is 4.74 Å². The normalized spacial score (nSPS) is 12.2. The number of esters is 1. The van der Waals surface area contributed by atoms with E-state index in [2.05, 4.69) is 34.2 Å². The van der Waals surface area contributed by atoms with Crippen LogP contribution in [0.25, 0.3) is 11.0 Å². The van der Waals surface area contributed by atoms with Crippen LogP contribution in [0.2, 0.25) is 0 Å². The van der Waals surface area contributed by atoms with Gasteiger partial charge in [0.05, 0.1) is 18.0 Å². The maximum atomic E-state index is 12.5. The molecule has 3 aromatic rings. The van der Waals surface area contributed by atoms with E-state index in [9.17, 15) is 4.79 Å². The maximum Gasteiger partial charge on any atom is 0.341 e. The van der Waals surface area contributed by atoms with Crippen LogP contribution < -0.4 is 5.32 Å². The lowest BCUT2D eigenvalue weighted by Crippen LogP contribution is -2.21. The van der Waals surface area contributed by atoms with Crippen LogP contribution in [0.15, 0.2) is 18.3 Å². The fraction of sp³-hybridized carbons (Fsp3) is 0.429. The summed E-state index contributed by atoms with van der Waals surface area (Å²) in [7, 11) is 1.95. The van der Waals surface area contributed by atoms with Gasteiger partial charge in [-0.25, -0.2) is 14.8 Å². The quantitative estimate of drug-likeness (QED) is 0.658. The molecule has 1 atom stereocenters. The Balaban J connectivity index is 1.99. The molecular weight excluding hydrogens is 354 g/mol. The van der Waals surface area contributed by atoms with Gasteiger partial charge < -0.3 is 10.1 Å². The van der Waals surface area contributed by atoms with E-state index < -0.39 is 0 Å². The van der Waals surface area contributed by atoms with Crippen molar-refractivity contribution in [3.63, 3.8) is 0 Å². The summed E-state index contributed by atoms with van der Waals surface area (Å²) in [4.78, 5) is 21.3. The van der Waals surface area contributed by atoms with E-state index in [0.29, 0.717) is 23.5 Å². The molecule has 28 heavy (non-hydrogen) atoms. The zero-order valence-corrected chi connectivity index (χ0v) is 17.3. The topological polar surface area (TPSA) is 81.9 Å². The predicted octanol–water partition coefficient (Wildman–Crippen LogP) is 3.51. The standard InChI is InChI=1S/C21H27N5O2/c1-7-28-21(27)18-11-22-20-16(9-8-12(2)24-20)19(18)23-13(3)10-17-14(4)25-26(6)15(17)5/h8-9,11,13H,7,10H2,1-6H3,(H,22,23,24). The molecule has 1 N–H and O–H groups in total. The third-order valence-corrected chi connectivity index (χ3v) is 4.92. The number of anilines is 1. The molecule has 7 nitrogen and oxygen atoms in total. The van der Waals surface area contributed by atoms with Gasteiger partial charge in [0.1, 0.15) is 5.56 Å². The molecule has 3 rings (SSSR count). The molecule has 0 spiro atoms. The SMILES string of the molecule is CCOC(=O)c1cnc2nc(C)ccc2c1NC(C)Cc1c(C)nn(C)c1C. The maximum absolute atomic E-state index is 12.5. The number of hydrogen-bond acceptors (Lipinski definition) is 6. The largest absolute Gasteiger partial charge is 0.462 e. The molecule has 3 heterocycles. The van der Waals surface area contributed by atoms with Crippen LogP contribution in [0, 0.1) is 20.8 Å². The fourth-order valence-corrected chi connectivity index (χ4v) is 3.41. The van der Waals surface area contributed by atoms with Gasteiger partial charge in [-0.05, 0) is 58.7 Å². The molecule has 1 unspecified atom stereocenters. The summed E-state index contributed by atoms with van der Waals surface area (Å²) in [6.07, 6.45) is 2.33. The van der Waals surface area contributed by atoms with Gasteiger partial charge in [-0.2, -0.15) is 5.10 Å². The number of ether oxygens (including phenoxy) is 1. The second-order valence-electron chi connectivity index (χ2n) is 7.11. The highest BCUT2D eigenvalue weighted by Gasteiger charge is 2.20. The van der Waals surface area contributed by atoms with E-state index in [1.54, 1.807) is 13.1 Å². The van der Waals surface area contributed by atoms with Crippen molar-refractivity contribution in [2.24, 2.45) is 7.05 Å². The number of rotatable bonds is 6. The van der Waals surface area contributed by atoms with Crippen LogP contribution in [-0.4, -0.2) is 38.4 Å². The molecule has 0 saturated heterocycles. The molecule has 0 bridgehead atoms. The number of nitrogens with one attached hydrogen (secondary N) is 1. The van der Waals surface area contributed by atoms with Gasteiger partial charge in [0.2, 0.25) is 0 Å². The van der Waals surface area contributed by atoms with E-state index in [0.717, 1.165) is 28.9 Å². The van der Waals surface area contributed by atoms with Crippen LogP contribution >= 0.6 is 0 Å². The first-order valence-corrected chi connectivity index (χ1v) is 9.50. The predicted molar refractivity (Wildman–Crippen MR) is 110 cm³/mol. The van der Waals surface area contributed by atoms with E-state index in [-0.39, 0.29) is 12.0 Å². The average molecular weight is 381 g/mol. The molecule has 0 fully saturated rings. The number of carbonyl (C=O) groups is 1. The monoisotopic (exact) mass is 381 g/mol. The van der Waals surface area contributed by atoms with Crippen molar-refractivity contribution in [1.82, 2.24) is 19.7 Å². The number of aryl methyl sites for hydroxylation is 3.